The normalized spacial score (nSPS) is 10.7. The van der Waals surface area contributed by atoms with Gasteiger partial charge in [-0.2, -0.15) is 0 Å². The summed E-state index contributed by atoms with van der Waals surface area (Å²) in [5.74, 6) is 0. The Morgan fingerprint density at radius 2 is 1.94 bits per heavy atom. The monoisotopic (exact) mass is 268 g/mol. The molecule has 0 aromatic heterocycles. The standard InChI is InChI=1S/C15H25ClN2/c1-4-9-17-12-13-7-8-15(14(16)11-13)18(6-3)10-5-2/h7-8,11,17H,4-6,9-10,12H2,1-3H3. The summed E-state index contributed by atoms with van der Waals surface area (Å²) in [5.41, 5.74) is 2.41. The van der Waals surface area contributed by atoms with Gasteiger partial charge in [-0.25, -0.2) is 0 Å². The van der Waals surface area contributed by atoms with Crippen molar-refractivity contribution in [3.8, 4) is 0 Å². The Morgan fingerprint density at radius 1 is 1.17 bits per heavy atom. The molecule has 0 saturated heterocycles. The molecule has 0 radical (unpaired) electrons. The zero-order chi connectivity index (χ0) is 13.4. The van der Waals surface area contributed by atoms with Crippen molar-refractivity contribution in [1.82, 2.24) is 5.32 Å². The van der Waals surface area contributed by atoms with Gasteiger partial charge in [-0.1, -0.05) is 31.5 Å². The fourth-order valence-corrected chi connectivity index (χ4v) is 2.37. The molecule has 102 valence electrons. The third kappa shape index (κ3) is 4.51. The van der Waals surface area contributed by atoms with Gasteiger partial charge in [0.2, 0.25) is 0 Å². The van der Waals surface area contributed by atoms with Crippen molar-refractivity contribution in [3.05, 3.63) is 28.8 Å². The summed E-state index contributed by atoms with van der Waals surface area (Å²) in [6.45, 7) is 10.5. The van der Waals surface area contributed by atoms with Crippen LogP contribution in [-0.4, -0.2) is 19.6 Å². The van der Waals surface area contributed by atoms with Crippen LogP contribution >= 0.6 is 11.6 Å². The lowest BCUT2D eigenvalue weighted by Crippen LogP contribution is -2.23. The first kappa shape index (κ1) is 15.3. The second-order valence-electron chi connectivity index (χ2n) is 4.54. The van der Waals surface area contributed by atoms with Gasteiger partial charge in [-0.3, -0.25) is 0 Å². The van der Waals surface area contributed by atoms with Gasteiger partial charge < -0.3 is 10.2 Å². The molecule has 0 saturated carbocycles. The second-order valence-corrected chi connectivity index (χ2v) is 4.95. The molecular weight excluding hydrogens is 244 g/mol. The third-order valence-electron chi connectivity index (χ3n) is 2.98. The number of hydrogen-bond acceptors (Lipinski definition) is 2. The first-order chi connectivity index (χ1) is 8.72. The van der Waals surface area contributed by atoms with Crippen molar-refractivity contribution in [1.29, 1.82) is 0 Å². The number of nitrogens with one attached hydrogen (secondary N) is 1. The lowest BCUT2D eigenvalue weighted by Gasteiger charge is -2.24. The van der Waals surface area contributed by atoms with E-state index >= 15 is 0 Å². The molecule has 1 rings (SSSR count). The van der Waals surface area contributed by atoms with Crippen LogP contribution in [0.3, 0.4) is 0 Å². The highest BCUT2D eigenvalue weighted by Gasteiger charge is 2.08. The number of benzene rings is 1. The number of halogens is 1. The van der Waals surface area contributed by atoms with E-state index in [0.29, 0.717) is 0 Å². The minimum Gasteiger partial charge on any atom is -0.371 e. The molecule has 2 nitrogen and oxygen atoms in total. The van der Waals surface area contributed by atoms with E-state index in [4.69, 9.17) is 11.6 Å². The number of rotatable bonds is 8. The first-order valence-corrected chi connectivity index (χ1v) is 7.34. The number of nitrogens with zero attached hydrogens (tertiary/aromatic N) is 1. The molecule has 18 heavy (non-hydrogen) atoms. The molecule has 0 spiro atoms. The van der Waals surface area contributed by atoms with E-state index in [2.05, 4.69) is 49.2 Å². The molecule has 0 aliphatic rings. The van der Waals surface area contributed by atoms with Gasteiger partial charge in [0, 0.05) is 19.6 Å². The number of anilines is 1. The van der Waals surface area contributed by atoms with Crippen LogP contribution in [0.4, 0.5) is 5.69 Å². The summed E-state index contributed by atoms with van der Waals surface area (Å²) in [6, 6.07) is 6.39. The molecule has 0 aliphatic heterocycles. The Kier molecular flexibility index (Phi) is 7.14. The average Bonchev–Trinajstić information content (AvgIpc) is 2.37. The Bertz CT molecular complexity index is 352. The van der Waals surface area contributed by atoms with Crippen molar-refractivity contribution in [3.63, 3.8) is 0 Å². The van der Waals surface area contributed by atoms with Gasteiger partial charge in [0.15, 0.2) is 0 Å². The maximum absolute atomic E-state index is 6.38. The highest BCUT2D eigenvalue weighted by molar-refractivity contribution is 6.33. The van der Waals surface area contributed by atoms with Gasteiger partial charge in [0.05, 0.1) is 10.7 Å². The van der Waals surface area contributed by atoms with E-state index < -0.39 is 0 Å². The Balaban J connectivity index is 2.71. The van der Waals surface area contributed by atoms with Crippen LogP contribution in [0.2, 0.25) is 5.02 Å². The zero-order valence-electron chi connectivity index (χ0n) is 11.8. The molecule has 1 aromatic carbocycles. The fourth-order valence-electron chi connectivity index (χ4n) is 2.05. The molecular formula is C15H25ClN2. The molecule has 1 aromatic rings. The van der Waals surface area contributed by atoms with Crippen LogP contribution in [0.15, 0.2) is 18.2 Å². The van der Waals surface area contributed by atoms with Crippen LogP contribution < -0.4 is 10.2 Å². The summed E-state index contributed by atoms with van der Waals surface area (Å²) in [7, 11) is 0. The summed E-state index contributed by atoms with van der Waals surface area (Å²) >= 11 is 6.38. The topological polar surface area (TPSA) is 15.3 Å². The number of hydrogen-bond donors (Lipinski definition) is 1. The Morgan fingerprint density at radius 3 is 2.50 bits per heavy atom. The van der Waals surface area contributed by atoms with E-state index in [9.17, 15) is 0 Å². The second kappa shape index (κ2) is 8.39. The minimum absolute atomic E-state index is 0.862. The van der Waals surface area contributed by atoms with E-state index in [1.807, 2.05) is 0 Å². The highest BCUT2D eigenvalue weighted by Crippen LogP contribution is 2.27. The lowest BCUT2D eigenvalue weighted by molar-refractivity contribution is 0.675. The van der Waals surface area contributed by atoms with Crippen LogP contribution in [0.5, 0.6) is 0 Å². The lowest BCUT2D eigenvalue weighted by atomic mass is 10.2. The zero-order valence-corrected chi connectivity index (χ0v) is 12.6. The van der Waals surface area contributed by atoms with E-state index in [0.717, 1.165) is 49.7 Å². The first-order valence-electron chi connectivity index (χ1n) is 6.97. The van der Waals surface area contributed by atoms with Crippen molar-refractivity contribution >= 4 is 17.3 Å². The van der Waals surface area contributed by atoms with Gasteiger partial charge >= 0.3 is 0 Å². The summed E-state index contributed by atoms with van der Waals surface area (Å²) in [5, 5.41) is 4.26. The molecule has 0 bridgehead atoms. The molecule has 0 heterocycles. The van der Waals surface area contributed by atoms with Crippen LogP contribution in [0.1, 0.15) is 39.2 Å². The summed E-state index contributed by atoms with van der Waals surface area (Å²) < 4.78 is 0. The largest absolute Gasteiger partial charge is 0.371 e. The van der Waals surface area contributed by atoms with Gasteiger partial charge in [0.1, 0.15) is 0 Å². The predicted molar refractivity (Wildman–Crippen MR) is 81.6 cm³/mol. The molecule has 0 amide bonds. The van der Waals surface area contributed by atoms with Gasteiger partial charge in [-0.15, -0.1) is 0 Å². The predicted octanol–water partition coefficient (Wildman–Crippen LogP) is 4.08. The Labute approximate surface area is 116 Å². The maximum atomic E-state index is 6.38. The fraction of sp³-hybridized carbons (Fsp3) is 0.600. The van der Waals surface area contributed by atoms with Crippen molar-refractivity contribution in [2.24, 2.45) is 0 Å². The van der Waals surface area contributed by atoms with Crippen molar-refractivity contribution in [2.45, 2.75) is 40.2 Å². The smallest absolute Gasteiger partial charge is 0.0642 e. The summed E-state index contributed by atoms with van der Waals surface area (Å²) in [4.78, 5) is 2.32. The van der Waals surface area contributed by atoms with Crippen LogP contribution in [0, 0.1) is 0 Å². The van der Waals surface area contributed by atoms with E-state index in [1.54, 1.807) is 0 Å². The highest BCUT2D eigenvalue weighted by atomic mass is 35.5. The third-order valence-corrected chi connectivity index (χ3v) is 3.29. The Hall–Kier alpha value is -0.730. The molecule has 0 atom stereocenters. The molecule has 3 heteroatoms. The molecule has 0 aliphatic carbocycles. The van der Waals surface area contributed by atoms with E-state index in [1.165, 1.54) is 5.56 Å². The molecule has 1 N–H and O–H groups in total. The van der Waals surface area contributed by atoms with Gasteiger partial charge in [-0.05, 0) is 44.0 Å². The van der Waals surface area contributed by atoms with Crippen molar-refractivity contribution in [2.75, 3.05) is 24.5 Å². The SMILES string of the molecule is CCCNCc1ccc(N(CC)CCC)c(Cl)c1. The minimum atomic E-state index is 0.862. The summed E-state index contributed by atoms with van der Waals surface area (Å²) in [6.07, 6.45) is 2.30. The van der Waals surface area contributed by atoms with E-state index in [-0.39, 0.29) is 0 Å². The molecule has 0 fully saturated rings. The van der Waals surface area contributed by atoms with Crippen molar-refractivity contribution < 1.29 is 0 Å². The molecule has 0 unspecified atom stereocenters. The quantitative estimate of drug-likeness (QED) is 0.715. The average molecular weight is 269 g/mol. The van der Waals surface area contributed by atoms with Gasteiger partial charge in [0.25, 0.3) is 0 Å². The van der Waals surface area contributed by atoms with Crippen LogP contribution in [0.25, 0.3) is 0 Å². The maximum Gasteiger partial charge on any atom is 0.0642 e. The van der Waals surface area contributed by atoms with Crippen LogP contribution in [-0.2, 0) is 6.54 Å².